The Balaban J connectivity index is 1.76. The maximum Gasteiger partial charge on any atom is 0.229 e. The molecule has 31 heavy (non-hydrogen) atoms. The summed E-state index contributed by atoms with van der Waals surface area (Å²) in [5, 5.41) is 6.54. The van der Waals surface area contributed by atoms with Crippen LogP contribution in [0.5, 0.6) is 11.5 Å². The molecule has 7 heteroatoms. The van der Waals surface area contributed by atoms with Gasteiger partial charge >= 0.3 is 0 Å². The first-order chi connectivity index (χ1) is 14.9. The Hall–Kier alpha value is -3.61. The summed E-state index contributed by atoms with van der Waals surface area (Å²) in [6.07, 6.45) is 1.15. The average molecular weight is 418 g/mol. The Morgan fingerprint density at radius 3 is 2.10 bits per heavy atom. The third kappa shape index (κ3) is 4.60. The van der Waals surface area contributed by atoms with Gasteiger partial charge in [-0.2, -0.15) is 4.98 Å². The molecule has 0 fully saturated rings. The number of hydrogen-bond acceptors (Lipinski definition) is 7. The molecule has 160 valence electrons. The van der Waals surface area contributed by atoms with Crippen LogP contribution in [0, 0.1) is 5.41 Å². The van der Waals surface area contributed by atoms with Gasteiger partial charge in [-0.15, -0.1) is 0 Å². The number of rotatable bonds is 6. The van der Waals surface area contributed by atoms with Gasteiger partial charge in [-0.3, -0.25) is 4.79 Å². The van der Waals surface area contributed by atoms with Gasteiger partial charge in [-0.05, 0) is 36.1 Å². The molecule has 4 rings (SSSR count). The second-order valence-corrected chi connectivity index (χ2v) is 8.37. The zero-order valence-electron chi connectivity index (χ0n) is 18.2. The van der Waals surface area contributed by atoms with Crippen molar-refractivity contribution < 1.29 is 14.3 Å². The van der Waals surface area contributed by atoms with E-state index in [0.29, 0.717) is 30.2 Å². The lowest BCUT2D eigenvalue weighted by atomic mass is 9.75. The fourth-order valence-corrected chi connectivity index (χ4v) is 3.78. The van der Waals surface area contributed by atoms with E-state index in [2.05, 4.69) is 29.5 Å². The molecule has 0 spiro atoms. The van der Waals surface area contributed by atoms with Crippen molar-refractivity contribution in [3.8, 4) is 11.5 Å². The maximum absolute atomic E-state index is 13.0. The molecule has 0 unspecified atom stereocenters. The number of ketones is 1. The zero-order valence-corrected chi connectivity index (χ0v) is 18.2. The molecule has 3 aromatic rings. The average Bonchev–Trinajstić information content (AvgIpc) is 2.72. The lowest BCUT2D eigenvalue weighted by Crippen LogP contribution is -2.29. The molecule has 0 radical (unpaired) electrons. The first-order valence-electron chi connectivity index (χ1n) is 10.1. The lowest BCUT2D eigenvalue weighted by Gasteiger charge is -2.30. The summed E-state index contributed by atoms with van der Waals surface area (Å²) in [6.45, 7) is 4.17. The van der Waals surface area contributed by atoms with E-state index in [1.165, 1.54) is 0 Å². The first-order valence-corrected chi connectivity index (χ1v) is 10.1. The topological polar surface area (TPSA) is 85.4 Å². The summed E-state index contributed by atoms with van der Waals surface area (Å²) in [4.78, 5) is 22.4. The van der Waals surface area contributed by atoms with Crippen molar-refractivity contribution in [2.24, 2.45) is 5.41 Å². The highest BCUT2D eigenvalue weighted by molar-refractivity contribution is 6.03. The Bertz CT molecular complexity index is 1130. The number of aromatic nitrogens is 2. The molecule has 0 bridgehead atoms. The van der Waals surface area contributed by atoms with E-state index in [4.69, 9.17) is 14.5 Å². The molecular weight excluding hydrogens is 392 g/mol. The van der Waals surface area contributed by atoms with Crippen molar-refractivity contribution in [1.82, 2.24) is 9.97 Å². The number of benzene rings is 2. The molecule has 1 aromatic heterocycles. The van der Waals surface area contributed by atoms with Crippen LogP contribution >= 0.6 is 0 Å². The third-order valence-corrected chi connectivity index (χ3v) is 5.21. The zero-order chi connectivity index (χ0) is 22.0. The number of nitrogens with one attached hydrogen (secondary N) is 2. The summed E-state index contributed by atoms with van der Waals surface area (Å²) < 4.78 is 10.6. The van der Waals surface area contributed by atoms with Gasteiger partial charge in [0.05, 0.1) is 25.5 Å². The molecule has 0 saturated carbocycles. The van der Waals surface area contributed by atoms with Crippen LogP contribution in [0.25, 0.3) is 0 Å². The monoisotopic (exact) mass is 418 g/mol. The van der Waals surface area contributed by atoms with Crippen LogP contribution in [0.1, 0.15) is 36.3 Å². The fraction of sp³-hybridized carbons (Fsp3) is 0.292. The first kappa shape index (κ1) is 20.7. The molecule has 0 aliphatic heterocycles. The predicted molar refractivity (Wildman–Crippen MR) is 121 cm³/mol. The molecule has 0 atom stereocenters. The van der Waals surface area contributed by atoms with Gasteiger partial charge in [0.15, 0.2) is 5.78 Å². The van der Waals surface area contributed by atoms with Crippen molar-refractivity contribution in [2.45, 2.75) is 26.7 Å². The molecule has 2 N–H and O–H groups in total. The van der Waals surface area contributed by atoms with Crippen LogP contribution in [0.2, 0.25) is 0 Å². The molecule has 1 heterocycles. The van der Waals surface area contributed by atoms with Crippen LogP contribution < -0.4 is 20.1 Å². The second-order valence-electron chi connectivity index (χ2n) is 8.37. The number of carbonyl (C=O) groups is 1. The minimum atomic E-state index is -0.154. The van der Waals surface area contributed by atoms with E-state index in [1.54, 1.807) is 14.2 Å². The van der Waals surface area contributed by atoms with Gasteiger partial charge in [-0.25, -0.2) is 4.98 Å². The minimum absolute atomic E-state index is 0.0459. The number of ether oxygens (including phenoxy) is 2. The number of nitrogens with zero attached hydrogens (tertiary/aromatic N) is 2. The summed E-state index contributed by atoms with van der Waals surface area (Å²) in [5.74, 6) is 2.40. The highest BCUT2D eigenvalue weighted by atomic mass is 16.5. The molecule has 7 nitrogen and oxygen atoms in total. The standard InChI is InChI=1S/C24H26N4O3/c1-24(2)13-19-21(20(29)14-24)22(25-15-7-5-9-17(11-15)30-3)28-23(27-19)26-16-8-6-10-18(12-16)31-4/h5-12H,13-14H2,1-4H3,(H2,25,26,27,28). The summed E-state index contributed by atoms with van der Waals surface area (Å²) >= 11 is 0. The van der Waals surface area contributed by atoms with Crippen LogP contribution in [0.3, 0.4) is 0 Å². The van der Waals surface area contributed by atoms with E-state index in [0.717, 1.165) is 28.6 Å². The fourth-order valence-electron chi connectivity index (χ4n) is 3.78. The van der Waals surface area contributed by atoms with Crippen molar-refractivity contribution >= 4 is 28.9 Å². The number of methoxy groups -OCH3 is 2. The predicted octanol–water partition coefficient (Wildman–Crippen LogP) is 5.14. The van der Waals surface area contributed by atoms with E-state index in [1.807, 2.05) is 48.5 Å². The highest BCUT2D eigenvalue weighted by Crippen LogP contribution is 2.38. The number of carbonyl (C=O) groups excluding carboxylic acids is 1. The van der Waals surface area contributed by atoms with Crippen molar-refractivity contribution in [3.05, 3.63) is 59.8 Å². The molecule has 1 aliphatic carbocycles. The van der Waals surface area contributed by atoms with Crippen LogP contribution in [0.4, 0.5) is 23.1 Å². The third-order valence-electron chi connectivity index (χ3n) is 5.21. The maximum atomic E-state index is 13.0. The minimum Gasteiger partial charge on any atom is -0.497 e. The Morgan fingerprint density at radius 2 is 1.48 bits per heavy atom. The van der Waals surface area contributed by atoms with Crippen LogP contribution in [0.15, 0.2) is 48.5 Å². The summed E-state index contributed by atoms with van der Waals surface area (Å²) in [7, 11) is 3.24. The van der Waals surface area contributed by atoms with Gasteiger partial charge < -0.3 is 20.1 Å². The van der Waals surface area contributed by atoms with Crippen molar-refractivity contribution in [1.29, 1.82) is 0 Å². The largest absolute Gasteiger partial charge is 0.497 e. The van der Waals surface area contributed by atoms with Gasteiger partial charge in [0.2, 0.25) is 5.95 Å². The quantitative estimate of drug-likeness (QED) is 0.573. The van der Waals surface area contributed by atoms with E-state index >= 15 is 0 Å². The van der Waals surface area contributed by atoms with Gasteiger partial charge in [0.1, 0.15) is 17.3 Å². The smallest absolute Gasteiger partial charge is 0.229 e. The SMILES string of the molecule is COc1cccc(Nc2nc3c(c(Nc4cccc(OC)c4)n2)C(=O)CC(C)(C)C3)c1. The second kappa shape index (κ2) is 8.26. The van der Waals surface area contributed by atoms with Crippen LogP contribution in [-0.2, 0) is 6.42 Å². The van der Waals surface area contributed by atoms with Crippen LogP contribution in [-0.4, -0.2) is 30.0 Å². The lowest BCUT2D eigenvalue weighted by molar-refractivity contribution is 0.0911. The van der Waals surface area contributed by atoms with Gasteiger partial charge in [0.25, 0.3) is 0 Å². The van der Waals surface area contributed by atoms with E-state index in [9.17, 15) is 4.79 Å². The Kier molecular flexibility index (Phi) is 5.50. The number of anilines is 4. The number of fused-ring (bicyclic) bond motifs is 1. The van der Waals surface area contributed by atoms with E-state index < -0.39 is 0 Å². The molecule has 2 aromatic carbocycles. The molecular formula is C24H26N4O3. The van der Waals surface area contributed by atoms with Gasteiger partial charge in [0, 0.05) is 29.9 Å². The normalized spacial score (nSPS) is 14.5. The van der Waals surface area contributed by atoms with E-state index in [-0.39, 0.29) is 11.2 Å². The van der Waals surface area contributed by atoms with Crippen molar-refractivity contribution in [3.63, 3.8) is 0 Å². The summed E-state index contributed by atoms with van der Waals surface area (Å²) in [5.41, 5.74) is 2.72. The molecule has 1 aliphatic rings. The molecule has 0 amide bonds. The number of Topliss-reactive ketones (excluding diaryl/α,β-unsaturated/α-hetero) is 1. The molecule has 0 saturated heterocycles. The number of hydrogen-bond donors (Lipinski definition) is 2. The highest BCUT2D eigenvalue weighted by Gasteiger charge is 2.35. The van der Waals surface area contributed by atoms with Crippen molar-refractivity contribution in [2.75, 3.05) is 24.9 Å². The summed E-state index contributed by atoms with van der Waals surface area (Å²) in [6, 6.07) is 15.1. The van der Waals surface area contributed by atoms with Gasteiger partial charge in [-0.1, -0.05) is 26.0 Å². The Labute approximate surface area is 181 Å². The Morgan fingerprint density at radius 1 is 0.871 bits per heavy atom.